The number of hydrogen-bond acceptors (Lipinski definition) is 5. The Balaban J connectivity index is 1.72. The second kappa shape index (κ2) is 6.38. The molecule has 0 fully saturated rings. The number of pyridine rings is 1. The van der Waals surface area contributed by atoms with E-state index in [1.165, 1.54) is 0 Å². The molecule has 0 N–H and O–H groups in total. The van der Waals surface area contributed by atoms with Crippen molar-refractivity contribution in [3.8, 4) is 22.7 Å². The summed E-state index contributed by atoms with van der Waals surface area (Å²) in [6, 6.07) is 25.8. The highest BCUT2D eigenvalue weighted by Crippen LogP contribution is 2.33. The van der Waals surface area contributed by atoms with E-state index in [0.29, 0.717) is 5.65 Å². The van der Waals surface area contributed by atoms with Crippen LogP contribution < -0.4 is 4.74 Å². The summed E-state index contributed by atoms with van der Waals surface area (Å²) in [4.78, 5) is 1.64. The molecule has 3 heterocycles. The highest BCUT2D eigenvalue weighted by molar-refractivity contribution is 6.12. The number of aromatic nitrogens is 6. The Hall–Kier alpha value is -4.26. The molecule has 0 saturated carbocycles. The number of hydrogen-bond donors (Lipinski definition) is 0. The fraction of sp³-hybridized carbons (Fsp3) is 0.0435. The van der Waals surface area contributed by atoms with Gasteiger partial charge in [0.15, 0.2) is 0 Å². The Morgan fingerprint density at radius 2 is 1.60 bits per heavy atom. The summed E-state index contributed by atoms with van der Waals surface area (Å²) >= 11 is 0. The van der Waals surface area contributed by atoms with Crippen molar-refractivity contribution in [3.63, 3.8) is 0 Å². The summed E-state index contributed by atoms with van der Waals surface area (Å²) in [5, 5.41) is 20.5. The quantitative estimate of drug-likeness (QED) is 0.449. The maximum atomic E-state index is 5.39. The van der Waals surface area contributed by atoms with Gasteiger partial charge in [0.1, 0.15) is 22.5 Å². The molecule has 7 nitrogen and oxygen atoms in total. The molecule has 0 unspecified atom stereocenters. The minimum atomic E-state index is 0.661. The minimum absolute atomic E-state index is 0.661. The number of methoxy groups -OCH3 is 1. The largest absolute Gasteiger partial charge is 0.497 e. The van der Waals surface area contributed by atoms with E-state index in [0.717, 1.165) is 44.5 Å². The van der Waals surface area contributed by atoms with Crippen molar-refractivity contribution in [3.05, 3.63) is 78.9 Å². The lowest BCUT2D eigenvalue weighted by Crippen LogP contribution is -1.98. The van der Waals surface area contributed by atoms with E-state index in [2.05, 4.69) is 22.4 Å². The van der Waals surface area contributed by atoms with Gasteiger partial charge in [-0.2, -0.15) is 4.52 Å². The first-order chi connectivity index (χ1) is 14.8. The maximum absolute atomic E-state index is 5.39. The van der Waals surface area contributed by atoms with Crippen LogP contribution in [0.2, 0.25) is 0 Å². The van der Waals surface area contributed by atoms with Crippen LogP contribution in [0.4, 0.5) is 0 Å². The third kappa shape index (κ3) is 2.39. The molecule has 0 aliphatic rings. The SMILES string of the molecule is COc1cccc(-c2nnn3c4nn(-c5ccccc5)nc4c4ccccc4c23)c1. The first-order valence-electron chi connectivity index (χ1n) is 9.56. The van der Waals surface area contributed by atoms with Gasteiger partial charge < -0.3 is 4.74 Å². The third-order valence-electron chi connectivity index (χ3n) is 5.23. The Kier molecular flexibility index (Phi) is 3.55. The van der Waals surface area contributed by atoms with Crippen molar-refractivity contribution < 1.29 is 4.74 Å². The molecule has 3 aromatic carbocycles. The van der Waals surface area contributed by atoms with E-state index in [-0.39, 0.29) is 0 Å². The van der Waals surface area contributed by atoms with Gasteiger partial charge in [-0.25, -0.2) is 0 Å². The van der Waals surface area contributed by atoms with Crippen LogP contribution in [-0.4, -0.2) is 36.9 Å². The van der Waals surface area contributed by atoms with E-state index in [4.69, 9.17) is 14.9 Å². The molecular weight excluding hydrogens is 376 g/mol. The van der Waals surface area contributed by atoms with Crippen molar-refractivity contribution in [1.82, 2.24) is 29.8 Å². The average Bonchev–Trinajstić information content (AvgIpc) is 3.45. The number of nitrogens with zero attached hydrogens (tertiary/aromatic N) is 6. The van der Waals surface area contributed by atoms with Crippen molar-refractivity contribution >= 4 is 27.5 Å². The minimum Gasteiger partial charge on any atom is -0.497 e. The van der Waals surface area contributed by atoms with Crippen molar-refractivity contribution in [2.45, 2.75) is 0 Å². The van der Waals surface area contributed by atoms with Gasteiger partial charge in [-0.15, -0.1) is 20.1 Å². The fourth-order valence-corrected chi connectivity index (χ4v) is 3.83. The van der Waals surface area contributed by atoms with E-state index in [1.54, 1.807) is 16.4 Å². The lowest BCUT2D eigenvalue weighted by Gasteiger charge is -2.05. The van der Waals surface area contributed by atoms with Crippen molar-refractivity contribution in [1.29, 1.82) is 0 Å². The molecule has 30 heavy (non-hydrogen) atoms. The number of para-hydroxylation sites is 1. The van der Waals surface area contributed by atoms with Crippen LogP contribution in [-0.2, 0) is 0 Å². The summed E-state index contributed by atoms with van der Waals surface area (Å²) in [5.74, 6) is 0.772. The average molecular weight is 392 g/mol. The zero-order valence-electron chi connectivity index (χ0n) is 16.1. The van der Waals surface area contributed by atoms with Crippen LogP contribution in [0, 0.1) is 0 Å². The van der Waals surface area contributed by atoms with E-state index in [1.807, 2.05) is 66.7 Å². The lowest BCUT2D eigenvalue weighted by atomic mass is 10.1. The smallest absolute Gasteiger partial charge is 0.206 e. The van der Waals surface area contributed by atoms with Crippen LogP contribution in [0.15, 0.2) is 78.9 Å². The normalized spacial score (nSPS) is 11.5. The van der Waals surface area contributed by atoms with Gasteiger partial charge in [0.05, 0.1) is 12.8 Å². The molecule has 0 aliphatic carbocycles. The summed E-state index contributed by atoms with van der Waals surface area (Å²) in [7, 11) is 1.66. The van der Waals surface area contributed by atoms with Crippen LogP contribution in [0.25, 0.3) is 44.4 Å². The second-order valence-corrected chi connectivity index (χ2v) is 6.97. The summed E-state index contributed by atoms with van der Waals surface area (Å²) < 4.78 is 7.17. The highest BCUT2D eigenvalue weighted by atomic mass is 16.5. The standard InChI is InChI=1S/C23H16N6O/c1-30-17-11-7-8-15(14-17)20-22-19-13-6-5-12-18(19)21-23(28(22)27-24-20)26-29(25-21)16-9-3-2-4-10-16/h2-14H,1H3. The Bertz CT molecular complexity index is 1530. The molecule has 3 aromatic heterocycles. The van der Waals surface area contributed by atoms with E-state index < -0.39 is 0 Å². The first-order valence-corrected chi connectivity index (χ1v) is 9.56. The zero-order chi connectivity index (χ0) is 20.1. The molecule has 0 bridgehead atoms. The molecule has 0 saturated heterocycles. The highest BCUT2D eigenvalue weighted by Gasteiger charge is 2.20. The van der Waals surface area contributed by atoms with Crippen LogP contribution in [0.5, 0.6) is 5.75 Å². The number of fused-ring (bicyclic) bond motifs is 6. The van der Waals surface area contributed by atoms with E-state index >= 15 is 0 Å². The molecule has 0 radical (unpaired) electrons. The van der Waals surface area contributed by atoms with Crippen molar-refractivity contribution in [2.75, 3.05) is 7.11 Å². The molecule has 6 rings (SSSR count). The molecule has 0 amide bonds. The van der Waals surface area contributed by atoms with Gasteiger partial charge in [0, 0.05) is 16.3 Å². The van der Waals surface area contributed by atoms with Gasteiger partial charge in [-0.3, -0.25) is 0 Å². The van der Waals surface area contributed by atoms with Gasteiger partial charge >= 0.3 is 0 Å². The predicted octanol–water partition coefficient (Wildman–Crippen LogP) is 4.29. The topological polar surface area (TPSA) is 70.1 Å². The molecule has 6 aromatic rings. The van der Waals surface area contributed by atoms with Crippen LogP contribution in [0.3, 0.4) is 0 Å². The summed E-state index contributed by atoms with van der Waals surface area (Å²) in [6.07, 6.45) is 0. The summed E-state index contributed by atoms with van der Waals surface area (Å²) in [5.41, 5.74) is 4.94. The number of rotatable bonds is 3. The van der Waals surface area contributed by atoms with Gasteiger partial charge in [0.25, 0.3) is 0 Å². The third-order valence-corrected chi connectivity index (χ3v) is 5.23. The molecule has 0 atom stereocenters. The lowest BCUT2D eigenvalue weighted by molar-refractivity contribution is 0.415. The monoisotopic (exact) mass is 392 g/mol. The van der Waals surface area contributed by atoms with E-state index in [9.17, 15) is 0 Å². The first kappa shape index (κ1) is 16.7. The molecule has 144 valence electrons. The Labute approximate surface area is 171 Å². The van der Waals surface area contributed by atoms with Crippen LogP contribution >= 0.6 is 0 Å². The molecule has 0 spiro atoms. The molecule has 0 aliphatic heterocycles. The number of benzene rings is 3. The second-order valence-electron chi connectivity index (χ2n) is 6.97. The zero-order valence-corrected chi connectivity index (χ0v) is 16.1. The Morgan fingerprint density at radius 1 is 0.800 bits per heavy atom. The van der Waals surface area contributed by atoms with Gasteiger partial charge in [-0.1, -0.05) is 59.8 Å². The van der Waals surface area contributed by atoms with Crippen molar-refractivity contribution in [2.24, 2.45) is 0 Å². The Morgan fingerprint density at radius 3 is 2.43 bits per heavy atom. The van der Waals surface area contributed by atoms with Crippen LogP contribution in [0.1, 0.15) is 0 Å². The fourth-order valence-electron chi connectivity index (χ4n) is 3.83. The molecule has 7 heteroatoms. The van der Waals surface area contributed by atoms with Gasteiger partial charge in [0.2, 0.25) is 5.65 Å². The maximum Gasteiger partial charge on any atom is 0.206 e. The number of ether oxygens (including phenoxy) is 1. The summed E-state index contributed by atoms with van der Waals surface area (Å²) in [6.45, 7) is 0. The molecular formula is C23H16N6O. The van der Waals surface area contributed by atoms with Gasteiger partial charge in [-0.05, 0) is 24.3 Å². The predicted molar refractivity (Wildman–Crippen MR) is 115 cm³/mol.